The lowest BCUT2D eigenvalue weighted by molar-refractivity contribution is -0.763. The molecule has 0 saturated carbocycles. The van der Waals surface area contributed by atoms with Gasteiger partial charge in [-0.2, -0.15) is 0 Å². The Kier molecular flexibility index (Phi) is 14.0. The Labute approximate surface area is 314 Å². The summed E-state index contributed by atoms with van der Waals surface area (Å²) in [5, 5.41) is 21.4. The van der Waals surface area contributed by atoms with E-state index in [1.165, 1.54) is 11.3 Å². The number of aromatic nitrogens is 2. The van der Waals surface area contributed by atoms with Crippen molar-refractivity contribution in [1.82, 2.24) is 9.55 Å². The first-order valence-corrected chi connectivity index (χ1v) is 18.0. The lowest BCUT2D eigenvalue weighted by Crippen LogP contribution is -2.12. The molecule has 0 aliphatic rings. The van der Waals surface area contributed by atoms with Crippen LogP contribution in [0.5, 0.6) is 0 Å². The highest BCUT2D eigenvalue weighted by molar-refractivity contribution is 7.09. The molecule has 0 atom stereocenters. The van der Waals surface area contributed by atoms with Gasteiger partial charge in [0.1, 0.15) is 32.3 Å². The van der Waals surface area contributed by atoms with Gasteiger partial charge in [-0.25, -0.2) is 14.6 Å². The number of carbonyl (C=O) groups excluding carboxylic acids is 2. The van der Waals surface area contributed by atoms with E-state index in [0.29, 0.717) is 46.4 Å². The first-order valence-electron chi connectivity index (χ1n) is 17.1. The van der Waals surface area contributed by atoms with Gasteiger partial charge in [0, 0.05) is 29.8 Å². The van der Waals surface area contributed by atoms with Crippen LogP contribution < -0.4 is 0 Å². The van der Waals surface area contributed by atoms with Crippen LogP contribution in [0.3, 0.4) is 0 Å². The van der Waals surface area contributed by atoms with E-state index in [1.54, 1.807) is 72.9 Å². The Bertz CT molecular complexity index is 2080. The van der Waals surface area contributed by atoms with Crippen molar-refractivity contribution in [3.8, 4) is 0 Å². The molecule has 0 spiro atoms. The fraction of sp³-hybridized carbons (Fsp3) is 0.256. The Morgan fingerprint density at radius 1 is 0.796 bits per heavy atom. The fourth-order valence-electron chi connectivity index (χ4n) is 5.50. The van der Waals surface area contributed by atoms with Crippen LogP contribution >= 0.6 is 11.3 Å². The third-order valence-corrected chi connectivity index (χ3v) is 9.05. The maximum Gasteiger partial charge on any atom is 0.338 e. The molecule has 0 aliphatic heterocycles. The largest absolute Gasteiger partial charge is 0.457 e. The van der Waals surface area contributed by atoms with Gasteiger partial charge in [-0.3, -0.25) is 0 Å². The van der Waals surface area contributed by atoms with E-state index in [0.717, 1.165) is 41.2 Å². The minimum absolute atomic E-state index is 0.0139. The van der Waals surface area contributed by atoms with E-state index in [2.05, 4.69) is 21.2 Å². The number of nitrogens with zero attached hydrogens (tertiary/aromatic N) is 4. The highest BCUT2D eigenvalue weighted by atomic mass is 32.1. The number of esters is 2. The minimum Gasteiger partial charge on any atom is -0.457 e. The van der Waals surface area contributed by atoms with Crippen LogP contribution in [-0.4, -0.2) is 31.7 Å². The first-order chi connectivity index (χ1) is 26.2. The standard InChI is InChI=1S/C39H38N4O10S/c1-2-3-12-37-40-22-35(20-34(21-36-11-6-17-54-36)39(45)51-25-30-8-5-10-32(19-30)27-53-43(48)49)41(37)23-28-13-15-33(16-14-28)38(44)50-24-29-7-4-9-31(18-29)26-52-42(46)47/h4-11,13-20,22H,2-3,12,21,23-27H2,1H3. The number of benzene rings is 3. The number of rotatable bonds is 20. The lowest BCUT2D eigenvalue weighted by Gasteiger charge is -2.13. The Morgan fingerprint density at radius 3 is 1.98 bits per heavy atom. The van der Waals surface area contributed by atoms with Gasteiger partial charge in [-0.15, -0.1) is 31.6 Å². The molecule has 0 fully saturated rings. The SMILES string of the molecule is CCCCc1ncc(C=C(Cc2cccs2)C(=O)OCc2cccc(CO[N+](=O)[O-])c2)n1Cc1ccc(C(=O)OCc2cccc(CO[N+](=O)[O-])c2)cc1. The molecule has 5 aromatic rings. The topological polar surface area (TPSA) is 175 Å². The van der Waals surface area contributed by atoms with Crippen LogP contribution in [0.1, 0.15) is 74.3 Å². The monoisotopic (exact) mass is 754 g/mol. The van der Waals surface area contributed by atoms with Gasteiger partial charge in [0.15, 0.2) is 0 Å². The second-order valence-electron chi connectivity index (χ2n) is 12.2. The molecule has 0 unspecified atom stereocenters. The van der Waals surface area contributed by atoms with Crippen molar-refractivity contribution in [2.24, 2.45) is 0 Å². The van der Waals surface area contributed by atoms with E-state index in [-0.39, 0.29) is 26.4 Å². The number of imidazole rings is 1. The van der Waals surface area contributed by atoms with E-state index >= 15 is 0 Å². The molecular formula is C39H38N4O10S. The van der Waals surface area contributed by atoms with Gasteiger partial charge in [0.25, 0.3) is 10.2 Å². The average Bonchev–Trinajstić information content (AvgIpc) is 3.83. The summed E-state index contributed by atoms with van der Waals surface area (Å²) in [6, 6.07) is 24.6. The lowest BCUT2D eigenvalue weighted by atomic mass is 10.1. The van der Waals surface area contributed by atoms with E-state index in [4.69, 9.17) is 14.5 Å². The van der Waals surface area contributed by atoms with Crippen molar-refractivity contribution in [3.05, 3.63) is 172 Å². The summed E-state index contributed by atoms with van der Waals surface area (Å²) < 4.78 is 13.3. The summed E-state index contributed by atoms with van der Waals surface area (Å²) in [6.07, 6.45) is 6.52. The third-order valence-electron chi connectivity index (χ3n) is 8.18. The molecule has 2 aromatic heterocycles. The molecular weight excluding hydrogens is 717 g/mol. The zero-order chi connectivity index (χ0) is 38.3. The minimum atomic E-state index is -0.860. The highest BCUT2D eigenvalue weighted by Gasteiger charge is 2.17. The molecule has 3 aromatic carbocycles. The molecule has 280 valence electrons. The Hall–Kier alpha value is -6.35. The van der Waals surface area contributed by atoms with Crippen LogP contribution in [-0.2, 0) is 69.8 Å². The van der Waals surface area contributed by atoms with Crippen molar-refractivity contribution in [2.45, 2.75) is 65.6 Å². The number of hydrogen-bond acceptors (Lipinski definition) is 12. The third kappa shape index (κ3) is 11.8. The maximum absolute atomic E-state index is 13.6. The van der Waals surface area contributed by atoms with Crippen molar-refractivity contribution < 1.29 is 38.9 Å². The summed E-state index contributed by atoms with van der Waals surface area (Å²) in [6.45, 7) is 2.08. The summed E-state index contributed by atoms with van der Waals surface area (Å²) in [4.78, 5) is 62.2. The van der Waals surface area contributed by atoms with Crippen molar-refractivity contribution in [2.75, 3.05) is 0 Å². The number of unbranched alkanes of at least 4 members (excludes halogenated alkanes) is 1. The fourth-order valence-corrected chi connectivity index (χ4v) is 6.23. The van der Waals surface area contributed by atoms with Gasteiger partial charge < -0.3 is 23.7 Å². The van der Waals surface area contributed by atoms with Crippen LogP contribution in [0.15, 0.2) is 102 Å². The summed E-state index contributed by atoms with van der Waals surface area (Å²) in [5.74, 6) is -0.163. The zero-order valence-electron chi connectivity index (χ0n) is 29.5. The van der Waals surface area contributed by atoms with E-state index in [9.17, 15) is 29.8 Å². The second kappa shape index (κ2) is 19.5. The molecule has 2 heterocycles. The van der Waals surface area contributed by atoms with Crippen LogP contribution in [0.4, 0.5) is 0 Å². The molecule has 0 aliphatic carbocycles. The van der Waals surface area contributed by atoms with Gasteiger partial charge in [-0.1, -0.05) is 80.1 Å². The average molecular weight is 755 g/mol. The van der Waals surface area contributed by atoms with Gasteiger partial charge in [0.2, 0.25) is 0 Å². The Balaban J connectivity index is 1.30. The van der Waals surface area contributed by atoms with Crippen molar-refractivity contribution in [3.63, 3.8) is 0 Å². The molecule has 54 heavy (non-hydrogen) atoms. The number of carbonyl (C=O) groups is 2. The molecule has 0 amide bonds. The van der Waals surface area contributed by atoms with Gasteiger partial charge in [0.05, 0.1) is 17.5 Å². The Morgan fingerprint density at radius 2 is 1.41 bits per heavy atom. The first kappa shape index (κ1) is 38.9. The molecule has 0 radical (unpaired) electrons. The maximum atomic E-state index is 13.6. The molecule has 14 nitrogen and oxygen atoms in total. The van der Waals surface area contributed by atoms with Crippen LogP contribution in [0.25, 0.3) is 6.08 Å². The van der Waals surface area contributed by atoms with Gasteiger partial charge in [-0.05, 0) is 63.9 Å². The molecule has 5 rings (SSSR count). The van der Waals surface area contributed by atoms with E-state index in [1.807, 2.05) is 29.6 Å². The summed E-state index contributed by atoms with van der Waals surface area (Å²) >= 11 is 1.53. The molecule has 15 heteroatoms. The number of thiophene rings is 1. The number of hydrogen-bond donors (Lipinski definition) is 0. The summed E-state index contributed by atoms with van der Waals surface area (Å²) in [7, 11) is 0. The molecule has 0 saturated heterocycles. The molecule has 0 N–H and O–H groups in total. The predicted molar refractivity (Wildman–Crippen MR) is 198 cm³/mol. The van der Waals surface area contributed by atoms with Crippen LogP contribution in [0, 0.1) is 20.2 Å². The quantitative estimate of drug-likeness (QED) is 0.0333. The van der Waals surface area contributed by atoms with Gasteiger partial charge >= 0.3 is 11.9 Å². The summed E-state index contributed by atoms with van der Waals surface area (Å²) in [5.41, 5.74) is 4.91. The normalized spacial score (nSPS) is 11.2. The smallest absolute Gasteiger partial charge is 0.338 e. The molecule has 0 bridgehead atoms. The number of aryl methyl sites for hydroxylation is 1. The van der Waals surface area contributed by atoms with Crippen LogP contribution in [0.2, 0.25) is 0 Å². The van der Waals surface area contributed by atoms with Crippen molar-refractivity contribution >= 4 is 29.4 Å². The zero-order valence-corrected chi connectivity index (χ0v) is 30.3. The number of ether oxygens (including phenoxy) is 2. The second-order valence-corrected chi connectivity index (χ2v) is 13.2. The van der Waals surface area contributed by atoms with Crippen molar-refractivity contribution in [1.29, 1.82) is 0 Å². The van der Waals surface area contributed by atoms with E-state index < -0.39 is 22.1 Å². The predicted octanol–water partition coefficient (Wildman–Crippen LogP) is 7.48. The highest BCUT2D eigenvalue weighted by Crippen LogP contribution is 2.22.